The van der Waals surface area contributed by atoms with Gasteiger partial charge in [0.05, 0.1) is 26.2 Å². The maximum atomic E-state index is 10.7. The number of amides is 2. The van der Waals surface area contributed by atoms with Gasteiger partial charge in [0.1, 0.15) is 0 Å². The standard InChI is InChI=1S/C6H13NO2.C5H9NO2/c1-7(2)6(8)4-5-9-3;7-5-6-1-3-8-4-2-6/h4-5H2,1-3H3;5H,1-4H2. The van der Waals surface area contributed by atoms with Crippen LogP contribution in [0.3, 0.4) is 0 Å². The molecule has 0 unspecified atom stereocenters. The second kappa shape index (κ2) is 10.0. The summed E-state index contributed by atoms with van der Waals surface area (Å²) in [5, 5.41) is 0. The van der Waals surface area contributed by atoms with E-state index in [-0.39, 0.29) is 5.91 Å². The van der Waals surface area contributed by atoms with Gasteiger partial charge in [-0.3, -0.25) is 9.59 Å². The summed E-state index contributed by atoms with van der Waals surface area (Å²) in [5.74, 6) is 0.108. The summed E-state index contributed by atoms with van der Waals surface area (Å²) >= 11 is 0. The molecule has 1 aliphatic heterocycles. The van der Waals surface area contributed by atoms with Crippen molar-refractivity contribution in [3.63, 3.8) is 0 Å². The van der Waals surface area contributed by atoms with E-state index >= 15 is 0 Å². The highest BCUT2D eigenvalue weighted by Gasteiger charge is 2.05. The number of hydrogen-bond acceptors (Lipinski definition) is 4. The van der Waals surface area contributed by atoms with Crippen LogP contribution < -0.4 is 0 Å². The molecule has 0 radical (unpaired) electrons. The second-order valence-electron chi connectivity index (χ2n) is 3.78. The summed E-state index contributed by atoms with van der Waals surface area (Å²) in [6, 6.07) is 0. The van der Waals surface area contributed by atoms with E-state index in [1.807, 2.05) is 0 Å². The summed E-state index contributed by atoms with van der Waals surface area (Å²) in [5.41, 5.74) is 0. The number of morpholine rings is 1. The van der Waals surface area contributed by atoms with Crippen molar-refractivity contribution < 1.29 is 19.1 Å². The molecule has 2 amide bonds. The van der Waals surface area contributed by atoms with Gasteiger partial charge < -0.3 is 19.3 Å². The van der Waals surface area contributed by atoms with Gasteiger partial charge in [-0.25, -0.2) is 0 Å². The van der Waals surface area contributed by atoms with Crippen molar-refractivity contribution in [1.29, 1.82) is 0 Å². The molecule has 1 rings (SSSR count). The fourth-order valence-corrected chi connectivity index (χ4v) is 1.10. The van der Waals surface area contributed by atoms with Crippen LogP contribution in [0.15, 0.2) is 0 Å². The van der Waals surface area contributed by atoms with Crippen molar-refractivity contribution in [3.8, 4) is 0 Å². The SMILES string of the molecule is COCCC(=O)N(C)C.O=CN1CCOCC1. The van der Waals surface area contributed by atoms with Crippen LogP contribution in [-0.2, 0) is 19.1 Å². The van der Waals surface area contributed by atoms with E-state index < -0.39 is 0 Å². The first-order valence-corrected chi connectivity index (χ1v) is 5.58. The van der Waals surface area contributed by atoms with E-state index in [4.69, 9.17) is 9.47 Å². The highest BCUT2D eigenvalue weighted by molar-refractivity contribution is 5.75. The predicted molar refractivity (Wildman–Crippen MR) is 63.6 cm³/mol. The lowest BCUT2D eigenvalue weighted by atomic mass is 10.4. The number of ether oxygens (including phenoxy) is 2. The first-order valence-electron chi connectivity index (χ1n) is 5.58. The molecule has 0 aromatic rings. The van der Waals surface area contributed by atoms with Crippen LogP contribution in [0.5, 0.6) is 0 Å². The smallest absolute Gasteiger partial charge is 0.224 e. The molecule has 0 aromatic heterocycles. The zero-order chi connectivity index (χ0) is 13.1. The number of hydrogen-bond donors (Lipinski definition) is 0. The van der Waals surface area contributed by atoms with Crippen LogP contribution >= 0.6 is 0 Å². The molecule has 6 heteroatoms. The van der Waals surface area contributed by atoms with Gasteiger partial charge in [-0.15, -0.1) is 0 Å². The molecule has 0 N–H and O–H groups in total. The Bertz CT molecular complexity index is 216. The van der Waals surface area contributed by atoms with E-state index in [9.17, 15) is 9.59 Å². The third kappa shape index (κ3) is 8.65. The summed E-state index contributed by atoms with van der Waals surface area (Å²) in [4.78, 5) is 24.0. The molecule has 1 heterocycles. The number of carbonyl (C=O) groups excluding carboxylic acids is 2. The van der Waals surface area contributed by atoms with Gasteiger partial charge in [-0.2, -0.15) is 0 Å². The van der Waals surface area contributed by atoms with E-state index in [1.165, 1.54) is 0 Å². The molecular formula is C11H22N2O4. The van der Waals surface area contributed by atoms with Gasteiger partial charge in [-0.05, 0) is 0 Å². The number of carbonyl (C=O) groups is 2. The Balaban J connectivity index is 0.000000302. The Hall–Kier alpha value is -1.14. The normalized spacial score (nSPS) is 14.6. The summed E-state index contributed by atoms with van der Waals surface area (Å²) in [6.07, 6.45) is 1.34. The van der Waals surface area contributed by atoms with Gasteiger partial charge in [0.15, 0.2) is 0 Å². The third-order valence-electron chi connectivity index (χ3n) is 2.21. The van der Waals surface area contributed by atoms with Gasteiger partial charge in [0.2, 0.25) is 12.3 Å². The molecular weight excluding hydrogens is 224 g/mol. The molecule has 100 valence electrons. The number of methoxy groups -OCH3 is 1. The van der Waals surface area contributed by atoms with Gasteiger partial charge in [-0.1, -0.05) is 0 Å². The quantitative estimate of drug-likeness (QED) is 0.633. The van der Waals surface area contributed by atoms with E-state index in [2.05, 4.69) is 0 Å². The molecule has 0 aromatic carbocycles. The predicted octanol–water partition coefficient (Wildman–Crippen LogP) is -0.414. The fourth-order valence-electron chi connectivity index (χ4n) is 1.10. The zero-order valence-electron chi connectivity index (χ0n) is 10.8. The van der Waals surface area contributed by atoms with Crippen molar-refractivity contribution in [2.75, 3.05) is 54.1 Å². The van der Waals surface area contributed by atoms with Crippen molar-refractivity contribution in [2.45, 2.75) is 6.42 Å². The third-order valence-corrected chi connectivity index (χ3v) is 2.21. The molecule has 0 spiro atoms. The topological polar surface area (TPSA) is 59.1 Å². The van der Waals surface area contributed by atoms with Crippen LogP contribution in [0.25, 0.3) is 0 Å². The van der Waals surface area contributed by atoms with Crippen molar-refractivity contribution in [1.82, 2.24) is 9.80 Å². The van der Waals surface area contributed by atoms with Crippen molar-refractivity contribution in [2.24, 2.45) is 0 Å². The largest absolute Gasteiger partial charge is 0.384 e. The monoisotopic (exact) mass is 246 g/mol. The minimum atomic E-state index is 0.108. The molecule has 0 aliphatic carbocycles. The van der Waals surface area contributed by atoms with Crippen molar-refractivity contribution >= 4 is 12.3 Å². The minimum Gasteiger partial charge on any atom is -0.384 e. The average molecular weight is 246 g/mol. The molecule has 1 fully saturated rings. The number of rotatable bonds is 4. The lowest BCUT2D eigenvalue weighted by Gasteiger charge is -2.21. The molecule has 0 saturated carbocycles. The van der Waals surface area contributed by atoms with Crippen LogP contribution in [-0.4, -0.2) is 76.2 Å². The Morgan fingerprint density at radius 2 is 2.00 bits per heavy atom. The van der Waals surface area contributed by atoms with Gasteiger partial charge >= 0.3 is 0 Å². The Labute approximate surface area is 102 Å². The van der Waals surface area contributed by atoms with E-state index in [0.717, 1.165) is 19.5 Å². The lowest BCUT2D eigenvalue weighted by molar-refractivity contribution is -0.129. The highest BCUT2D eigenvalue weighted by atomic mass is 16.5. The van der Waals surface area contributed by atoms with Crippen molar-refractivity contribution in [3.05, 3.63) is 0 Å². The zero-order valence-corrected chi connectivity index (χ0v) is 10.8. The first kappa shape index (κ1) is 15.9. The summed E-state index contributed by atoms with van der Waals surface area (Å²) in [6.45, 7) is 3.40. The molecule has 17 heavy (non-hydrogen) atoms. The Morgan fingerprint density at radius 1 is 1.41 bits per heavy atom. The lowest BCUT2D eigenvalue weighted by Crippen LogP contribution is -2.34. The second-order valence-corrected chi connectivity index (χ2v) is 3.78. The fraction of sp³-hybridized carbons (Fsp3) is 0.818. The van der Waals surface area contributed by atoms with Crippen LogP contribution in [0.4, 0.5) is 0 Å². The molecule has 0 atom stereocenters. The van der Waals surface area contributed by atoms with Crippen LogP contribution in [0.1, 0.15) is 6.42 Å². The molecule has 1 aliphatic rings. The molecule has 0 bridgehead atoms. The maximum Gasteiger partial charge on any atom is 0.224 e. The van der Waals surface area contributed by atoms with E-state index in [1.54, 1.807) is 31.0 Å². The Kier molecular flexibility index (Phi) is 9.37. The van der Waals surface area contributed by atoms with Crippen LogP contribution in [0, 0.1) is 0 Å². The van der Waals surface area contributed by atoms with Gasteiger partial charge in [0, 0.05) is 34.3 Å². The summed E-state index contributed by atoms with van der Waals surface area (Å²) < 4.78 is 9.72. The number of nitrogens with zero attached hydrogens (tertiary/aromatic N) is 2. The average Bonchev–Trinajstić information content (AvgIpc) is 2.37. The van der Waals surface area contributed by atoms with E-state index in [0.29, 0.717) is 26.2 Å². The highest BCUT2D eigenvalue weighted by Crippen LogP contribution is 1.90. The minimum absolute atomic E-state index is 0.108. The molecule has 6 nitrogen and oxygen atoms in total. The van der Waals surface area contributed by atoms with Gasteiger partial charge in [0.25, 0.3) is 0 Å². The first-order chi connectivity index (χ1) is 8.11. The maximum absolute atomic E-state index is 10.7. The Morgan fingerprint density at radius 3 is 2.35 bits per heavy atom. The van der Waals surface area contributed by atoms with Crippen LogP contribution in [0.2, 0.25) is 0 Å². The summed E-state index contributed by atoms with van der Waals surface area (Å²) in [7, 11) is 5.05. The molecule has 1 saturated heterocycles.